The molecule has 0 aromatic carbocycles. The zero-order valence-electron chi connectivity index (χ0n) is 9.33. The van der Waals surface area contributed by atoms with E-state index in [4.69, 9.17) is 5.11 Å². The second-order valence-electron chi connectivity index (χ2n) is 4.26. The Kier molecular flexibility index (Phi) is 2.24. The molecule has 88 valence electrons. The van der Waals surface area contributed by atoms with Crippen LogP contribution in [-0.2, 0) is 0 Å². The molecule has 5 nitrogen and oxygen atoms in total. The molecule has 0 radical (unpaired) electrons. The monoisotopic (exact) mass is 231 g/mol. The first-order valence-corrected chi connectivity index (χ1v) is 5.71. The zero-order valence-corrected chi connectivity index (χ0v) is 9.33. The van der Waals surface area contributed by atoms with Gasteiger partial charge >= 0.3 is 5.97 Å². The lowest BCUT2D eigenvalue weighted by molar-refractivity contribution is 0.0683. The molecule has 1 saturated heterocycles. The summed E-state index contributed by atoms with van der Waals surface area (Å²) in [4.78, 5) is 17.1. The van der Waals surface area contributed by atoms with Crippen LogP contribution in [0.5, 0.6) is 0 Å². The number of carbonyl (C=O) groups is 1. The molecular weight excluding hydrogens is 218 g/mol. The lowest BCUT2D eigenvalue weighted by Crippen LogP contribution is -2.17. The van der Waals surface area contributed by atoms with E-state index in [2.05, 4.69) is 9.88 Å². The van der Waals surface area contributed by atoms with Gasteiger partial charge < -0.3 is 10.0 Å². The second-order valence-corrected chi connectivity index (χ2v) is 4.26. The Morgan fingerprint density at radius 2 is 2.12 bits per heavy atom. The van der Waals surface area contributed by atoms with E-state index in [-0.39, 0.29) is 5.82 Å². The summed E-state index contributed by atoms with van der Waals surface area (Å²) >= 11 is 0. The van der Waals surface area contributed by atoms with Gasteiger partial charge in [-0.1, -0.05) is 0 Å². The first kappa shape index (κ1) is 10.1. The normalized spacial score (nSPS) is 15.6. The molecule has 0 unspecified atom stereocenters. The van der Waals surface area contributed by atoms with Crippen LogP contribution in [0.25, 0.3) is 5.52 Å². The number of anilines is 1. The molecule has 1 aliphatic heterocycles. The molecular formula is C12H13N3O2. The molecule has 0 aliphatic carbocycles. The largest absolute Gasteiger partial charge is 0.475 e. The van der Waals surface area contributed by atoms with Crippen molar-refractivity contribution in [3.63, 3.8) is 0 Å². The smallest absolute Gasteiger partial charge is 0.372 e. The lowest BCUT2D eigenvalue weighted by atomic mass is 10.3. The summed E-state index contributed by atoms with van der Waals surface area (Å²) < 4.78 is 1.60. The number of aromatic carboxylic acids is 1. The maximum absolute atomic E-state index is 10.9. The number of rotatable bonds is 2. The number of aromatic nitrogens is 2. The minimum Gasteiger partial charge on any atom is -0.475 e. The van der Waals surface area contributed by atoms with Gasteiger partial charge in [0, 0.05) is 25.0 Å². The fourth-order valence-electron chi connectivity index (χ4n) is 2.32. The summed E-state index contributed by atoms with van der Waals surface area (Å²) in [5.74, 6) is -0.938. The van der Waals surface area contributed by atoms with Crippen molar-refractivity contribution in [3.8, 4) is 0 Å². The number of hydrogen-bond acceptors (Lipinski definition) is 3. The van der Waals surface area contributed by atoms with Crippen molar-refractivity contribution in [1.29, 1.82) is 0 Å². The number of pyridine rings is 1. The SMILES string of the molecule is O=C(O)c1ncc2cc(N3CCCC3)ccn12. The number of carboxylic acid groups (broad SMARTS) is 1. The van der Waals surface area contributed by atoms with Gasteiger partial charge in [-0.3, -0.25) is 4.40 Å². The van der Waals surface area contributed by atoms with E-state index in [0.717, 1.165) is 24.3 Å². The highest BCUT2D eigenvalue weighted by atomic mass is 16.4. The molecule has 0 atom stereocenters. The summed E-state index contributed by atoms with van der Waals surface area (Å²) in [6.07, 6.45) is 5.83. The number of imidazole rings is 1. The van der Waals surface area contributed by atoms with E-state index in [1.165, 1.54) is 12.8 Å². The van der Waals surface area contributed by atoms with Gasteiger partial charge in [-0.15, -0.1) is 0 Å². The molecule has 0 spiro atoms. The van der Waals surface area contributed by atoms with Gasteiger partial charge in [0.25, 0.3) is 0 Å². The number of hydrogen-bond donors (Lipinski definition) is 1. The van der Waals surface area contributed by atoms with E-state index in [1.54, 1.807) is 16.8 Å². The van der Waals surface area contributed by atoms with Crippen LogP contribution < -0.4 is 4.90 Å². The zero-order chi connectivity index (χ0) is 11.8. The van der Waals surface area contributed by atoms with E-state index in [1.807, 2.05) is 12.1 Å². The molecule has 3 heterocycles. The molecule has 2 aromatic rings. The summed E-state index contributed by atoms with van der Waals surface area (Å²) in [6, 6.07) is 3.94. The van der Waals surface area contributed by atoms with Gasteiger partial charge in [0.2, 0.25) is 5.82 Å². The van der Waals surface area contributed by atoms with Crippen molar-refractivity contribution < 1.29 is 9.90 Å². The Bertz CT molecular complexity index is 570. The van der Waals surface area contributed by atoms with Crippen molar-refractivity contribution in [2.45, 2.75) is 12.8 Å². The van der Waals surface area contributed by atoms with Gasteiger partial charge in [-0.25, -0.2) is 9.78 Å². The summed E-state index contributed by atoms with van der Waals surface area (Å²) in [5.41, 5.74) is 1.97. The molecule has 5 heteroatoms. The predicted molar refractivity (Wildman–Crippen MR) is 63.6 cm³/mol. The average Bonchev–Trinajstić information content (AvgIpc) is 2.97. The Morgan fingerprint density at radius 3 is 2.82 bits per heavy atom. The summed E-state index contributed by atoms with van der Waals surface area (Å²) in [6.45, 7) is 2.16. The number of nitrogens with zero attached hydrogens (tertiary/aromatic N) is 3. The first-order valence-electron chi connectivity index (χ1n) is 5.71. The lowest BCUT2D eigenvalue weighted by Gasteiger charge is -2.17. The van der Waals surface area contributed by atoms with Gasteiger partial charge in [0.05, 0.1) is 11.7 Å². The van der Waals surface area contributed by atoms with Crippen LogP contribution in [-0.4, -0.2) is 33.6 Å². The third kappa shape index (κ3) is 1.63. The van der Waals surface area contributed by atoms with Crippen molar-refractivity contribution in [3.05, 3.63) is 30.4 Å². The third-order valence-corrected chi connectivity index (χ3v) is 3.18. The van der Waals surface area contributed by atoms with E-state index < -0.39 is 5.97 Å². The van der Waals surface area contributed by atoms with Crippen molar-refractivity contribution in [2.75, 3.05) is 18.0 Å². The Balaban J connectivity index is 2.05. The molecule has 2 aromatic heterocycles. The molecule has 3 rings (SSSR count). The topological polar surface area (TPSA) is 57.8 Å². The highest BCUT2D eigenvalue weighted by Crippen LogP contribution is 2.22. The molecule has 1 fully saturated rings. The quantitative estimate of drug-likeness (QED) is 0.853. The van der Waals surface area contributed by atoms with Crippen LogP contribution in [0.4, 0.5) is 5.69 Å². The molecule has 17 heavy (non-hydrogen) atoms. The first-order chi connectivity index (χ1) is 8.25. The fraction of sp³-hybridized carbons (Fsp3) is 0.333. The van der Waals surface area contributed by atoms with Crippen molar-refractivity contribution in [1.82, 2.24) is 9.38 Å². The van der Waals surface area contributed by atoms with Gasteiger partial charge in [0.15, 0.2) is 0 Å². The Morgan fingerprint density at radius 1 is 1.35 bits per heavy atom. The minimum atomic E-state index is -1.00. The highest BCUT2D eigenvalue weighted by molar-refractivity contribution is 5.85. The van der Waals surface area contributed by atoms with Gasteiger partial charge in [-0.05, 0) is 25.0 Å². The van der Waals surface area contributed by atoms with Crippen LogP contribution in [0.3, 0.4) is 0 Å². The van der Waals surface area contributed by atoms with Crippen LogP contribution in [0, 0.1) is 0 Å². The van der Waals surface area contributed by atoms with Crippen LogP contribution in [0.1, 0.15) is 23.5 Å². The maximum atomic E-state index is 10.9. The predicted octanol–water partition coefficient (Wildman–Crippen LogP) is 1.63. The number of fused-ring (bicyclic) bond motifs is 1. The standard InChI is InChI=1S/C12H13N3O2/c16-12(17)11-13-8-10-7-9(3-6-15(10)11)14-4-1-2-5-14/h3,6-8H,1-2,4-5H2,(H,16,17). The van der Waals surface area contributed by atoms with E-state index in [0.29, 0.717) is 0 Å². The van der Waals surface area contributed by atoms with Gasteiger partial charge in [-0.2, -0.15) is 0 Å². The fourth-order valence-corrected chi connectivity index (χ4v) is 2.32. The molecule has 0 bridgehead atoms. The third-order valence-electron chi connectivity index (χ3n) is 3.18. The van der Waals surface area contributed by atoms with Crippen LogP contribution >= 0.6 is 0 Å². The summed E-state index contributed by atoms with van der Waals surface area (Å²) in [5, 5.41) is 8.96. The maximum Gasteiger partial charge on any atom is 0.372 e. The van der Waals surface area contributed by atoms with Gasteiger partial charge in [0.1, 0.15) is 0 Å². The molecule has 0 saturated carbocycles. The van der Waals surface area contributed by atoms with Crippen LogP contribution in [0.2, 0.25) is 0 Å². The van der Waals surface area contributed by atoms with Crippen molar-refractivity contribution >= 4 is 17.2 Å². The summed E-state index contributed by atoms with van der Waals surface area (Å²) in [7, 11) is 0. The second kappa shape index (κ2) is 3.76. The van der Waals surface area contributed by atoms with Crippen LogP contribution in [0.15, 0.2) is 24.5 Å². The average molecular weight is 231 g/mol. The van der Waals surface area contributed by atoms with E-state index in [9.17, 15) is 4.79 Å². The minimum absolute atomic E-state index is 0.0629. The van der Waals surface area contributed by atoms with E-state index >= 15 is 0 Å². The Labute approximate surface area is 98.3 Å². The number of carboxylic acids is 1. The molecule has 1 aliphatic rings. The Hall–Kier alpha value is -2.04. The van der Waals surface area contributed by atoms with Crippen molar-refractivity contribution in [2.24, 2.45) is 0 Å². The highest BCUT2D eigenvalue weighted by Gasteiger charge is 2.15. The molecule has 1 N–H and O–H groups in total. The molecule has 0 amide bonds.